The second kappa shape index (κ2) is 6.00. The standard InChI is InChI=1S/C13H14FNO2/c1-3-4-10(8-15)13(16)9-5-6-12(17-2)11(14)7-9/h5-7,10H,3-4H2,1-2H3. The van der Waals surface area contributed by atoms with Gasteiger partial charge in [0.1, 0.15) is 5.92 Å². The summed E-state index contributed by atoms with van der Waals surface area (Å²) >= 11 is 0. The van der Waals surface area contributed by atoms with Crippen LogP contribution in [0, 0.1) is 23.1 Å². The lowest BCUT2D eigenvalue weighted by molar-refractivity contribution is 0.0943. The minimum absolute atomic E-state index is 0.0885. The van der Waals surface area contributed by atoms with Crippen LogP contribution in [0.25, 0.3) is 0 Å². The van der Waals surface area contributed by atoms with Crippen molar-refractivity contribution in [2.75, 3.05) is 7.11 Å². The molecule has 1 aromatic rings. The molecule has 0 aliphatic carbocycles. The van der Waals surface area contributed by atoms with E-state index in [2.05, 4.69) is 0 Å². The van der Waals surface area contributed by atoms with Crippen molar-refractivity contribution in [2.45, 2.75) is 19.8 Å². The summed E-state index contributed by atoms with van der Waals surface area (Å²) in [5.74, 6) is -1.54. The topological polar surface area (TPSA) is 50.1 Å². The van der Waals surface area contributed by atoms with Gasteiger partial charge in [-0.2, -0.15) is 5.26 Å². The molecular weight excluding hydrogens is 221 g/mol. The van der Waals surface area contributed by atoms with Gasteiger partial charge in [-0.15, -0.1) is 0 Å². The van der Waals surface area contributed by atoms with Crippen molar-refractivity contribution in [3.8, 4) is 11.8 Å². The van der Waals surface area contributed by atoms with Crippen LogP contribution in [0.4, 0.5) is 4.39 Å². The van der Waals surface area contributed by atoms with Gasteiger partial charge in [0, 0.05) is 5.56 Å². The normalized spacial score (nSPS) is 11.6. The van der Waals surface area contributed by atoms with Crippen LogP contribution >= 0.6 is 0 Å². The van der Waals surface area contributed by atoms with Gasteiger partial charge >= 0.3 is 0 Å². The largest absolute Gasteiger partial charge is 0.494 e. The maximum absolute atomic E-state index is 13.4. The van der Waals surface area contributed by atoms with Crippen molar-refractivity contribution >= 4 is 5.78 Å². The van der Waals surface area contributed by atoms with Crippen LogP contribution in [0.5, 0.6) is 5.75 Å². The number of ether oxygens (including phenoxy) is 1. The number of carbonyl (C=O) groups excluding carboxylic acids is 1. The Balaban J connectivity index is 2.97. The first-order valence-corrected chi connectivity index (χ1v) is 5.41. The summed E-state index contributed by atoms with van der Waals surface area (Å²) in [4.78, 5) is 11.9. The van der Waals surface area contributed by atoms with E-state index in [4.69, 9.17) is 10.00 Å². The number of benzene rings is 1. The summed E-state index contributed by atoms with van der Waals surface area (Å²) in [6.07, 6.45) is 1.23. The molecule has 1 aromatic carbocycles. The van der Waals surface area contributed by atoms with E-state index in [-0.39, 0.29) is 17.1 Å². The Bertz CT molecular complexity index is 451. The van der Waals surface area contributed by atoms with Gasteiger partial charge in [0.05, 0.1) is 13.2 Å². The number of Topliss-reactive ketones (excluding diaryl/α,β-unsaturated/α-hetero) is 1. The van der Waals surface area contributed by atoms with Crippen molar-refractivity contribution < 1.29 is 13.9 Å². The molecule has 0 aliphatic rings. The van der Waals surface area contributed by atoms with Gasteiger partial charge in [-0.25, -0.2) is 4.39 Å². The fourth-order valence-electron chi connectivity index (χ4n) is 1.56. The SMILES string of the molecule is CCCC(C#N)C(=O)c1ccc(OC)c(F)c1. The van der Waals surface area contributed by atoms with Gasteiger partial charge in [-0.1, -0.05) is 13.3 Å². The van der Waals surface area contributed by atoms with Gasteiger partial charge in [0.2, 0.25) is 0 Å². The number of halogens is 1. The van der Waals surface area contributed by atoms with Gasteiger partial charge < -0.3 is 4.74 Å². The molecule has 90 valence electrons. The number of methoxy groups -OCH3 is 1. The number of ketones is 1. The minimum atomic E-state index is -0.701. The third-order valence-electron chi connectivity index (χ3n) is 2.49. The fraction of sp³-hybridized carbons (Fsp3) is 0.385. The maximum atomic E-state index is 13.4. The number of rotatable bonds is 5. The lowest BCUT2D eigenvalue weighted by atomic mass is 9.95. The molecule has 0 amide bonds. The predicted octanol–water partition coefficient (Wildman–Crippen LogP) is 2.96. The highest BCUT2D eigenvalue weighted by molar-refractivity contribution is 5.99. The number of nitrogens with zero attached hydrogens (tertiary/aromatic N) is 1. The van der Waals surface area contributed by atoms with Crippen molar-refractivity contribution in [3.05, 3.63) is 29.6 Å². The lowest BCUT2D eigenvalue weighted by Crippen LogP contribution is -2.13. The van der Waals surface area contributed by atoms with Crippen LogP contribution in [0.2, 0.25) is 0 Å². The van der Waals surface area contributed by atoms with Crippen molar-refractivity contribution in [3.63, 3.8) is 0 Å². The molecule has 0 fully saturated rings. The molecule has 0 radical (unpaired) electrons. The molecule has 0 saturated carbocycles. The second-order valence-corrected chi connectivity index (χ2v) is 3.68. The molecule has 0 bridgehead atoms. The van der Waals surface area contributed by atoms with E-state index in [1.54, 1.807) is 0 Å². The van der Waals surface area contributed by atoms with Crippen LogP contribution in [0.15, 0.2) is 18.2 Å². The zero-order valence-electron chi connectivity index (χ0n) is 9.87. The molecule has 1 atom stereocenters. The Hall–Kier alpha value is -1.89. The predicted molar refractivity (Wildman–Crippen MR) is 61.3 cm³/mol. The monoisotopic (exact) mass is 235 g/mol. The van der Waals surface area contributed by atoms with Crippen molar-refractivity contribution in [1.29, 1.82) is 5.26 Å². The fourth-order valence-corrected chi connectivity index (χ4v) is 1.56. The van der Waals surface area contributed by atoms with Crippen LogP contribution in [-0.2, 0) is 0 Å². The van der Waals surface area contributed by atoms with Crippen LogP contribution < -0.4 is 4.74 Å². The Labute approximate surface area is 99.8 Å². The third-order valence-corrected chi connectivity index (χ3v) is 2.49. The van der Waals surface area contributed by atoms with E-state index in [9.17, 15) is 9.18 Å². The number of nitriles is 1. The second-order valence-electron chi connectivity index (χ2n) is 3.68. The molecule has 0 spiro atoms. The first kappa shape index (κ1) is 13.2. The van der Waals surface area contributed by atoms with Crippen molar-refractivity contribution in [1.82, 2.24) is 0 Å². The first-order chi connectivity index (χ1) is 8.13. The highest BCUT2D eigenvalue weighted by atomic mass is 19.1. The highest BCUT2D eigenvalue weighted by Crippen LogP contribution is 2.20. The molecule has 0 N–H and O–H groups in total. The van der Waals surface area contributed by atoms with E-state index in [1.807, 2.05) is 13.0 Å². The van der Waals surface area contributed by atoms with E-state index in [1.165, 1.54) is 19.2 Å². The summed E-state index contributed by atoms with van der Waals surface area (Å²) in [5, 5.41) is 8.87. The van der Waals surface area contributed by atoms with Gasteiger partial charge in [0.15, 0.2) is 17.3 Å². The van der Waals surface area contributed by atoms with E-state index in [0.717, 1.165) is 12.5 Å². The molecule has 0 heterocycles. The molecule has 1 unspecified atom stereocenters. The van der Waals surface area contributed by atoms with E-state index >= 15 is 0 Å². The average Bonchev–Trinajstić information content (AvgIpc) is 2.35. The lowest BCUT2D eigenvalue weighted by Gasteiger charge is -2.08. The summed E-state index contributed by atoms with van der Waals surface area (Å²) in [7, 11) is 1.36. The number of carbonyl (C=O) groups is 1. The Kier molecular flexibility index (Phi) is 4.65. The third kappa shape index (κ3) is 3.04. The van der Waals surface area contributed by atoms with Crippen LogP contribution in [0.3, 0.4) is 0 Å². The highest BCUT2D eigenvalue weighted by Gasteiger charge is 2.19. The zero-order chi connectivity index (χ0) is 12.8. The van der Waals surface area contributed by atoms with Crippen molar-refractivity contribution in [2.24, 2.45) is 5.92 Å². The summed E-state index contributed by atoms with van der Waals surface area (Å²) in [6.45, 7) is 1.90. The van der Waals surface area contributed by atoms with Gasteiger partial charge in [-0.05, 0) is 24.6 Å². The number of hydrogen-bond donors (Lipinski definition) is 0. The quantitative estimate of drug-likeness (QED) is 0.737. The molecular formula is C13H14FNO2. The smallest absolute Gasteiger partial charge is 0.180 e. The molecule has 3 nitrogen and oxygen atoms in total. The summed E-state index contributed by atoms with van der Waals surface area (Å²) in [6, 6.07) is 5.93. The van der Waals surface area contributed by atoms with E-state index < -0.39 is 11.7 Å². The number of hydrogen-bond acceptors (Lipinski definition) is 3. The van der Waals surface area contributed by atoms with Gasteiger partial charge in [-0.3, -0.25) is 4.79 Å². The van der Waals surface area contributed by atoms with Crippen LogP contribution in [0.1, 0.15) is 30.1 Å². The molecule has 0 saturated heterocycles. The Morgan fingerprint density at radius 1 is 1.59 bits per heavy atom. The molecule has 4 heteroatoms. The first-order valence-electron chi connectivity index (χ1n) is 5.41. The Morgan fingerprint density at radius 3 is 2.76 bits per heavy atom. The molecule has 0 aliphatic heterocycles. The van der Waals surface area contributed by atoms with Crippen LogP contribution in [-0.4, -0.2) is 12.9 Å². The summed E-state index contributed by atoms with van der Waals surface area (Å²) < 4.78 is 18.2. The maximum Gasteiger partial charge on any atom is 0.180 e. The summed E-state index contributed by atoms with van der Waals surface area (Å²) in [5.41, 5.74) is 0.211. The van der Waals surface area contributed by atoms with Gasteiger partial charge in [0.25, 0.3) is 0 Å². The Morgan fingerprint density at radius 2 is 2.29 bits per heavy atom. The minimum Gasteiger partial charge on any atom is -0.494 e. The molecule has 17 heavy (non-hydrogen) atoms. The molecule has 1 rings (SSSR count). The average molecular weight is 235 g/mol. The van der Waals surface area contributed by atoms with E-state index in [0.29, 0.717) is 6.42 Å². The zero-order valence-corrected chi connectivity index (χ0v) is 9.87. The molecule has 0 aromatic heterocycles.